The van der Waals surface area contributed by atoms with E-state index in [0.717, 1.165) is 38.3 Å². The quantitative estimate of drug-likeness (QED) is 0.846. The predicted octanol–water partition coefficient (Wildman–Crippen LogP) is 4.60. The Labute approximate surface area is 155 Å². The van der Waals surface area contributed by atoms with E-state index in [1.54, 1.807) is 4.90 Å². The number of likely N-dealkylation sites (tertiary alicyclic amines) is 1. The fraction of sp³-hybridized carbons (Fsp3) is 0.700. The van der Waals surface area contributed by atoms with Gasteiger partial charge in [0.05, 0.1) is 12.2 Å². The Morgan fingerprint density at radius 1 is 1.38 bits per heavy atom. The van der Waals surface area contributed by atoms with Crippen LogP contribution in [-0.2, 0) is 4.74 Å². The summed E-state index contributed by atoms with van der Waals surface area (Å²) in [5, 5.41) is 10.9. The molecule has 0 aliphatic carbocycles. The number of aliphatic hydroxyl groups excluding tert-OH is 1. The second-order valence-electron chi connectivity index (χ2n) is 8.06. The van der Waals surface area contributed by atoms with E-state index in [1.165, 1.54) is 12.3 Å². The molecule has 1 amide bonds. The number of carbonyl (C=O) groups is 1. The Bertz CT molecular complexity index is 603. The van der Waals surface area contributed by atoms with Crippen LogP contribution in [0.4, 0.5) is 9.18 Å². The van der Waals surface area contributed by atoms with Crippen molar-refractivity contribution in [1.82, 2.24) is 9.88 Å². The molecule has 1 fully saturated rings. The van der Waals surface area contributed by atoms with E-state index < -0.39 is 29.7 Å². The van der Waals surface area contributed by atoms with E-state index in [4.69, 9.17) is 4.74 Å². The van der Waals surface area contributed by atoms with Gasteiger partial charge in [0, 0.05) is 17.8 Å². The lowest BCUT2D eigenvalue weighted by molar-refractivity contribution is -0.0210. The number of aromatic nitrogens is 1. The zero-order chi connectivity index (χ0) is 19.3. The molecule has 2 rings (SSSR count). The smallest absolute Gasteiger partial charge is 0.410 e. The van der Waals surface area contributed by atoms with Crippen molar-refractivity contribution in [3.05, 3.63) is 29.8 Å². The number of nitrogens with zero attached hydrogens (tertiary/aromatic N) is 2. The van der Waals surface area contributed by atoms with Crippen molar-refractivity contribution in [2.75, 3.05) is 0 Å². The summed E-state index contributed by atoms with van der Waals surface area (Å²) in [4.78, 5) is 18.5. The summed E-state index contributed by atoms with van der Waals surface area (Å²) in [6.07, 6.45) is 6.38. The summed E-state index contributed by atoms with van der Waals surface area (Å²) in [7, 11) is 0. The molecule has 1 aromatic rings. The first-order valence-corrected chi connectivity index (χ1v) is 9.52. The third-order valence-electron chi connectivity index (χ3n) is 4.70. The lowest BCUT2D eigenvalue weighted by Crippen LogP contribution is -2.50. The Balaban J connectivity index is 2.35. The van der Waals surface area contributed by atoms with Gasteiger partial charge in [0.25, 0.3) is 0 Å². The molecule has 1 saturated heterocycles. The van der Waals surface area contributed by atoms with E-state index in [2.05, 4.69) is 11.9 Å². The molecule has 0 spiro atoms. The third kappa shape index (κ3) is 5.40. The normalized spacial score (nSPS) is 22.6. The molecule has 2 heterocycles. The fourth-order valence-electron chi connectivity index (χ4n) is 3.62. The number of hydrogen-bond acceptors (Lipinski definition) is 4. The fourth-order valence-corrected chi connectivity index (χ4v) is 3.62. The molecule has 5 nitrogen and oxygen atoms in total. The van der Waals surface area contributed by atoms with Gasteiger partial charge in [-0.2, -0.15) is 0 Å². The Hall–Kier alpha value is -1.69. The number of amides is 1. The van der Waals surface area contributed by atoms with Gasteiger partial charge in [0.15, 0.2) is 0 Å². The van der Waals surface area contributed by atoms with E-state index in [0.29, 0.717) is 12.0 Å². The summed E-state index contributed by atoms with van der Waals surface area (Å²) in [5.74, 6) is -0.496. The first kappa shape index (κ1) is 20.6. The zero-order valence-electron chi connectivity index (χ0n) is 16.2. The molecule has 1 aromatic heterocycles. The minimum atomic E-state index is -0.997. The molecule has 1 aliphatic heterocycles. The summed E-state index contributed by atoms with van der Waals surface area (Å²) in [6, 6.07) is 0.844. The van der Waals surface area contributed by atoms with Crippen LogP contribution >= 0.6 is 0 Å². The zero-order valence-corrected chi connectivity index (χ0v) is 16.2. The maximum atomic E-state index is 13.6. The van der Waals surface area contributed by atoms with Crippen LogP contribution in [0.25, 0.3) is 0 Å². The average molecular weight is 366 g/mol. The van der Waals surface area contributed by atoms with Crippen LogP contribution in [-0.4, -0.2) is 38.8 Å². The summed E-state index contributed by atoms with van der Waals surface area (Å²) in [5.41, 5.74) is -0.225. The van der Waals surface area contributed by atoms with Gasteiger partial charge in [0.2, 0.25) is 0 Å². The van der Waals surface area contributed by atoms with Crippen molar-refractivity contribution in [1.29, 1.82) is 0 Å². The van der Waals surface area contributed by atoms with Crippen LogP contribution in [0, 0.1) is 5.82 Å². The highest BCUT2D eigenvalue weighted by Gasteiger charge is 2.39. The van der Waals surface area contributed by atoms with Crippen LogP contribution in [0.5, 0.6) is 0 Å². The van der Waals surface area contributed by atoms with Gasteiger partial charge in [-0.15, -0.1) is 0 Å². The molecular weight excluding hydrogens is 335 g/mol. The van der Waals surface area contributed by atoms with Crippen LogP contribution in [0.2, 0.25) is 0 Å². The maximum Gasteiger partial charge on any atom is 0.410 e. The minimum Gasteiger partial charge on any atom is -0.444 e. The highest BCUT2D eigenvalue weighted by atomic mass is 19.1. The number of hydrogen-bond donors (Lipinski definition) is 1. The summed E-state index contributed by atoms with van der Waals surface area (Å²) < 4.78 is 19.2. The van der Waals surface area contributed by atoms with Gasteiger partial charge in [-0.25, -0.2) is 9.18 Å². The molecule has 3 atom stereocenters. The first-order valence-electron chi connectivity index (χ1n) is 9.52. The Kier molecular flexibility index (Phi) is 6.98. The van der Waals surface area contributed by atoms with E-state index in [1.807, 2.05) is 20.8 Å². The Morgan fingerprint density at radius 3 is 2.69 bits per heavy atom. The molecule has 0 saturated carbocycles. The molecule has 146 valence electrons. The van der Waals surface area contributed by atoms with Gasteiger partial charge in [-0.05, 0) is 46.1 Å². The molecular formula is C20H31FN2O3. The van der Waals surface area contributed by atoms with Crippen molar-refractivity contribution >= 4 is 6.09 Å². The number of pyridine rings is 1. The van der Waals surface area contributed by atoms with Crippen molar-refractivity contribution in [3.63, 3.8) is 0 Å². The van der Waals surface area contributed by atoms with Gasteiger partial charge in [-0.1, -0.05) is 26.2 Å². The lowest BCUT2D eigenvalue weighted by Gasteiger charge is -2.39. The number of carbonyl (C=O) groups excluding carboxylic acids is 1. The van der Waals surface area contributed by atoms with Crippen molar-refractivity contribution < 1.29 is 19.0 Å². The highest BCUT2D eigenvalue weighted by Crippen LogP contribution is 2.33. The number of halogens is 1. The standard InChI is InChI=1S/C20H31FN2O3/c1-5-8-16-9-6-7-10-17(23(16)19(25)26-20(2,3)4)18(24)14-11-15(21)13-22-12-14/h11-13,16-18,24H,5-10H2,1-4H3/t16-,17-,18?/m1/s1. The van der Waals surface area contributed by atoms with Crippen LogP contribution in [0.3, 0.4) is 0 Å². The molecule has 1 N–H and O–H groups in total. The van der Waals surface area contributed by atoms with Gasteiger partial charge in [0.1, 0.15) is 17.5 Å². The first-order chi connectivity index (χ1) is 12.2. The number of aliphatic hydroxyl groups is 1. The van der Waals surface area contributed by atoms with Crippen molar-refractivity contribution in [2.24, 2.45) is 0 Å². The molecule has 1 aliphatic rings. The van der Waals surface area contributed by atoms with Gasteiger partial charge in [-0.3, -0.25) is 9.88 Å². The SMILES string of the molecule is CCC[C@@H]1CCCC[C@H](C(O)c2cncc(F)c2)N1C(=O)OC(C)(C)C. The summed E-state index contributed by atoms with van der Waals surface area (Å²) in [6.45, 7) is 7.58. The molecule has 0 bridgehead atoms. The van der Waals surface area contributed by atoms with Crippen molar-refractivity contribution in [2.45, 2.75) is 90.0 Å². The van der Waals surface area contributed by atoms with Crippen LogP contribution in [0.15, 0.2) is 18.5 Å². The molecule has 6 heteroatoms. The third-order valence-corrected chi connectivity index (χ3v) is 4.70. The van der Waals surface area contributed by atoms with E-state index in [-0.39, 0.29) is 6.04 Å². The van der Waals surface area contributed by atoms with Crippen molar-refractivity contribution in [3.8, 4) is 0 Å². The maximum absolute atomic E-state index is 13.6. The lowest BCUT2D eigenvalue weighted by atomic mass is 9.98. The summed E-state index contributed by atoms with van der Waals surface area (Å²) >= 11 is 0. The molecule has 0 radical (unpaired) electrons. The molecule has 1 unspecified atom stereocenters. The van der Waals surface area contributed by atoms with Gasteiger partial charge < -0.3 is 9.84 Å². The predicted molar refractivity (Wildman–Crippen MR) is 98.2 cm³/mol. The topological polar surface area (TPSA) is 62.7 Å². The Morgan fingerprint density at radius 2 is 2.08 bits per heavy atom. The number of rotatable bonds is 4. The second kappa shape index (κ2) is 8.80. The van der Waals surface area contributed by atoms with Gasteiger partial charge >= 0.3 is 6.09 Å². The monoisotopic (exact) mass is 366 g/mol. The number of ether oxygens (including phenoxy) is 1. The second-order valence-corrected chi connectivity index (χ2v) is 8.06. The van der Waals surface area contributed by atoms with Crippen LogP contribution < -0.4 is 0 Å². The average Bonchev–Trinajstić information content (AvgIpc) is 2.75. The minimum absolute atomic E-state index is 0.0125. The van der Waals surface area contributed by atoms with Crippen LogP contribution in [0.1, 0.15) is 77.9 Å². The van der Waals surface area contributed by atoms with E-state index >= 15 is 0 Å². The highest BCUT2D eigenvalue weighted by molar-refractivity contribution is 5.69. The largest absolute Gasteiger partial charge is 0.444 e. The molecule has 0 aromatic carbocycles. The van der Waals surface area contributed by atoms with E-state index in [9.17, 15) is 14.3 Å². The molecule has 26 heavy (non-hydrogen) atoms.